The van der Waals surface area contributed by atoms with E-state index >= 15 is 0 Å². The fraction of sp³-hybridized carbons (Fsp3) is 0. The molecule has 14 rings (SSSR count). The van der Waals surface area contributed by atoms with E-state index in [9.17, 15) is 0 Å². The Morgan fingerprint density at radius 2 is 0.750 bits per heavy atom. The maximum atomic E-state index is 2.46. The first-order chi connectivity index (χ1) is 31.7. The SMILES string of the molecule is c1ccc(-n2c3ccccc3c3cc(-c4ccc(N(c5ccc6ccccc6c5)c5cc6ccc7cccc8c9cccc%10ccc%11cccc(c(c5)c6c78)c%11c%109)cc4)ccc32)cc1. The molecule has 0 amide bonds. The van der Waals surface area contributed by atoms with E-state index in [1.807, 2.05) is 0 Å². The third-order valence-corrected chi connectivity index (χ3v) is 13.8. The van der Waals surface area contributed by atoms with Crippen molar-refractivity contribution in [3.8, 4) is 16.8 Å². The number of anilines is 3. The molecular weight excluding hydrogens is 773 g/mol. The van der Waals surface area contributed by atoms with Crippen molar-refractivity contribution >= 4 is 114 Å². The van der Waals surface area contributed by atoms with Crippen LogP contribution in [0.3, 0.4) is 0 Å². The lowest BCUT2D eigenvalue weighted by atomic mass is 9.87. The molecular formula is C62H38N2. The first-order valence-electron chi connectivity index (χ1n) is 22.2. The van der Waals surface area contributed by atoms with E-state index in [2.05, 4.69) is 240 Å². The number of hydrogen-bond acceptors (Lipinski definition) is 1. The van der Waals surface area contributed by atoms with Gasteiger partial charge in [-0.2, -0.15) is 0 Å². The van der Waals surface area contributed by atoms with Crippen LogP contribution >= 0.6 is 0 Å². The molecule has 2 nitrogen and oxygen atoms in total. The summed E-state index contributed by atoms with van der Waals surface area (Å²) < 4.78 is 2.38. The summed E-state index contributed by atoms with van der Waals surface area (Å²) in [6.45, 7) is 0. The molecule has 0 aliphatic heterocycles. The molecule has 0 N–H and O–H groups in total. The number of nitrogens with zero attached hydrogens (tertiary/aromatic N) is 2. The van der Waals surface area contributed by atoms with Crippen molar-refractivity contribution in [1.82, 2.24) is 4.57 Å². The Morgan fingerprint density at radius 3 is 1.47 bits per heavy atom. The van der Waals surface area contributed by atoms with Crippen LogP contribution in [-0.2, 0) is 0 Å². The van der Waals surface area contributed by atoms with Crippen LogP contribution in [0.25, 0.3) is 114 Å². The Labute approximate surface area is 369 Å². The van der Waals surface area contributed by atoms with Crippen LogP contribution < -0.4 is 4.90 Å². The quantitative estimate of drug-likeness (QED) is 0.157. The van der Waals surface area contributed by atoms with Gasteiger partial charge in [-0.05, 0) is 153 Å². The van der Waals surface area contributed by atoms with Gasteiger partial charge in [-0.15, -0.1) is 0 Å². The molecule has 0 saturated carbocycles. The van der Waals surface area contributed by atoms with Gasteiger partial charge in [0.05, 0.1) is 11.0 Å². The molecule has 0 aliphatic carbocycles. The van der Waals surface area contributed by atoms with Gasteiger partial charge in [-0.3, -0.25) is 0 Å². The Bertz CT molecular complexity index is 4170. The molecule has 0 spiro atoms. The molecule has 14 aromatic rings. The van der Waals surface area contributed by atoms with Gasteiger partial charge < -0.3 is 9.47 Å². The predicted octanol–water partition coefficient (Wildman–Crippen LogP) is 17.4. The summed E-state index contributed by atoms with van der Waals surface area (Å²) in [4.78, 5) is 2.45. The molecule has 1 aromatic heterocycles. The van der Waals surface area contributed by atoms with Crippen molar-refractivity contribution in [1.29, 1.82) is 0 Å². The van der Waals surface area contributed by atoms with E-state index in [0.29, 0.717) is 0 Å². The molecule has 0 aliphatic rings. The smallest absolute Gasteiger partial charge is 0.0541 e. The zero-order valence-corrected chi connectivity index (χ0v) is 34.8. The normalized spacial score (nSPS) is 12.1. The van der Waals surface area contributed by atoms with Gasteiger partial charge in [0.25, 0.3) is 0 Å². The third-order valence-electron chi connectivity index (χ3n) is 13.8. The zero-order valence-electron chi connectivity index (χ0n) is 34.8. The van der Waals surface area contributed by atoms with Crippen LogP contribution in [0.1, 0.15) is 0 Å². The minimum atomic E-state index is 1.10. The van der Waals surface area contributed by atoms with Gasteiger partial charge in [-0.25, -0.2) is 0 Å². The molecule has 1 heterocycles. The number of benzene rings is 12. The molecule has 2 heteroatoms. The molecule has 0 radical (unpaired) electrons. The summed E-state index contributed by atoms with van der Waals surface area (Å²) in [5.41, 5.74) is 9.30. The highest BCUT2D eigenvalue weighted by molar-refractivity contribution is 6.37. The number of hydrogen-bond donors (Lipinski definition) is 0. The summed E-state index contributed by atoms with van der Waals surface area (Å²) in [5, 5.41) is 20.3. The summed E-state index contributed by atoms with van der Waals surface area (Å²) >= 11 is 0. The lowest BCUT2D eigenvalue weighted by molar-refractivity contribution is 1.18. The monoisotopic (exact) mass is 810 g/mol. The molecule has 0 fully saturated rings. The van der Waals surface area contributed by atoms with Crippen LogP contribution in [0, 0.1) is 0 Å². The number of rotatable bonds is 5. The van der Waals surface area contributed by atoms with Crippen LogP contribution in [0.5, 0.6) is 0 Å². The van der Waals surface area contributed by atoms with E-state index in [1.165, 1.54) is 114 Å². The van der Waals surface area contributed by atoms with E-state index in [-0.39, 0.29) is 0 Å². The van der Waals surface area contributed by atoms with Crippen molar-refractivity contribution in [3.05, 3.63) is 231 Å². The van der Waals surface area contributed by atoms with Crippen LogP contribution in [-0.4, -0.2) is 4.57 Å². The average Bonchev–Trinajstić information content (AvgIpc) is 3.69. The molecule has 0 atom stereocenters. The summed E-state index contributed by atoms with van der Waals surface area (Å²) in [6.07, 6.45) is 0. The van der Waals surface area contributed by atoms with Crippen molar-refractivity contribution < 1.29 is 0 Å². The van der Waals surface area contributed by atoms with Crippen molar-refractivity contribution in [2.75, 3.05) is 4.90 Å². The highest BCUT2D eigenvalue weighted by Gasteiger charge is 2.20. The van der Waals surface area contributed by atoms with Gasteiger partial charge in [-0.1, -0.05) is 164 Å². The Kier molecular flexibility index (Phi) is 7.43. The van der Waals surface area contributed by atoms with Gasteiger partial charge in [0.15, 0.2) is 0 Å². The first-order valence-corrected chi connectivity index (χ1v) is 22.2. The minimum absolute atomic E-state index is 1.10. The Morgan fingerprint density at radius 1 is 0.250 bits per heavy atom. The van der Waals surface area contributed by atoms with E-state index in [1.54, 1.807) is 0 Å². The maximum absolute atomic E-state index is 2.46. The highest BCUT2D eigenvalue weighted by Crippen LogP contribution is 2.47. The second-order valence-corrected chi connectivity index (χ2v) is 17.3. The standard InChI is InChI=1S/C62H38N2/c1-2-16-47(17-3-1)64-57-22-7-6-18-51(57)55-37-45(30-34-58(55)64)40-27-31-48(32-28-40)63(49-33-29-39-11-4-5-12-44(39)35-49)50-36-46-26-25-43-14-9-20-53-52-19-8-13-41-23-24-42-15-10-21-54(61(42)59(41)52)56(38-50)62(46)60(43)53/h1-38H. The third kappa shape index (κ3) is 5.14. The van der Waals surface area contributed by atoms with Crippen LogP contribution in [0.15, 0.2) is 231 Å². The van der Waals surface area contributed by atoms with Crippen LogP contribution in [0.4, 0.5) is 17.1 Å². The molecule has 296 valence electrons. The molecule has 0 bridgehead atoms. The lowest BCUT2D eigenvalue weighted by Gasteiger charge is -2.27. The molecule has 64 heavy (non-hydrogen) atoms. The van der Waals surface area contributed by atoms with E-state index < -0.39 is 0 Å². The molecule has 0 saturated heterocycles. The van der Waals surface area contributed by atoms with Crippen LogP contribution in [0.2, 0.25) is 0 Å². The largest absolute Gasteiger partial charge is 0.310 e. The minimum Gasteiger partial charge on any atom is -0.310 e. The summed E-state index contributed by atoms with van der Waals surface area (Å²) in [7, 11) is 0. The number of aromatic nitrogens is 1. The Hall–Kier alpha value is -8.46. The van der Waals surface area contributed by atoms with Gasteiger partial charge in [0.1, 0.15) is 0 Å². The second-order valence-electron chi connectivity index (χ2n) is 17.3. The topological polar surface area (TPSA) is 8.17 Å². The predicted molar refractivity (Wildman–Crippen MR) is 275 cm³/mol. The van der Waals surface area contributed by atoms with Gasteiger partial charge >= 0.3 is 0 Å². The fourth-order valence-corrected chi connectivity index (χ4v) is 11.0. The Balaban J connectivity index is 1.00. The number of para-hydroxylation sites is 2. The summed E-state index contributed by atoms with van der Waals surface area (Å²) in [6, 6.07) is 85.6. The van der Waals surface area contributed by atoms with E-state index in [4.69, 9.17) is 0 Å². The highest BCUT2D eigenvalue weighted by atomic mass is 15.1. The molecule has 0 unspecified atom stereocenters. The maximum Gasteiger partial charge on any atom is 0.0541 e. The molecule has 13 aromatic carbocycles. The average molecular weight is 811 g/mol. The lowest BCUT2D eigenvalue weighted by Crippen LogP contribution is -2.10. The zero-order chi connectivity index (χ0) is 41.9. The van der Waals surface area contributed by atoms with Gasteiger partial charge in [0, 0.05) is 33.5 Å². The van der Waals surface area contributed by atoms with E-state index in [0.717, 1.165) is 17.1 Å². The van der Waals surface area contributed by atoms with Gasteiger partial charge in [0.2, 0.25) is 0 Å². The first kappa shape index (κ1) is 35.2. The fourth-order valence-electron chi connectivity index (χ4n) is 11.0. The second kappa shape index (κ2) is 13.5. The van der Waals surface area contributed by atoms with Crippen molar-refractivity contribution in [2.24, 2.45) is 0 Å². The number of fused-ring (bicyclic) bond motifs is 6. The summed E-state index contributed by atoms with van der Waals surface area (Å²) in [5.74, 6) is 0. The van der Waals surface area contributed by atoms with Crippen molar-refractivity contribution in [2.45, 2.75) is 0 Å². The van der Waals surface area contributed by atoms with Crippen molar-refractivity contribution in [3.63, 3.8) is 0 Å².